The SMILES string of the molecule is CC(C)C1C(=O)N(CC(=O)N[C@@H](Cc2ccccc2)C(=O)C(=O)O)C(c2ccccc2)=CN1C=O. The lowest BCUT2D eigenvalue weighted by Gasteiger charge is -2.39. The molecule has 1 heterocycles. The van der Waals surface area contributed by atoms with Crippen LogP contribution >= 0.6 is 0 Å². The second kappa shape index (κ2) is 11.2. The maximum absolute atomic E-state index is 13.4. The number of carbonyl (C=O) groups is 5. The molecule has 0 aromatic heterocycles. The fraction of sp³-hybridized carbons (Fsp3) is 0.269. The molecule has 0 saturated heterocycles. The maximum atomic E-state index is 13.4. The number of aliphatic carboxylic acids is 1. The number of rotatable bonds is 10. The van der Waals surface area contributed by atoms with Crippen LogP contribution in [0.4, 0.5) is 0 Å². The average Bonchev–Trinajstić information content (AvgIpc) is 2.84. The summed E-state index contributed by atoms with van der Waals surface area (Å²) in [6.45, 7) is 3.13. The van der Waals surface area contributed by atoms with Gasteiger partial charge in [0.05, 0.1) is 5.70 Å². The van der Waals surface area contributed by atoms with Crippen LogP contribution in [0, 0.1) is 5.92 Å². The molecule has 2 N–H and O–H groups in total. The predicted molar refractivity (Wildman–Crippen MR) is 127 cm³/mol. The molecule has 35 heavy (non-hydrogen) atoms. The fourth-order valence-electron chi connectivity index (χ4n) is 4.02. The molecular formula is C26H27N3O6. The van der Waals surface area contributed by atoms with Crippen molar-refractivity contribution in [1.29, 1.82) is 0 Å². The summed E-state index contributed by atoms with van der Waals surface area (Å²) < 4.78 is 0. The van der Waals surface area contributed by atoms with Crippen molar-refractivity contribution in [2.24, 2.45) is 5.92 Å². The Morgan fingerprint density at radius 2 is 1.63 bits per heavy atom. The number of carbonyl (C=O) groups excluding carboxylic acids is 4. The van der Waals surface area contributed by atoms with E-state index in [-0.39, 0.29) is 12.3 Å². The Morgan fingerprint density at radius 1 is 1.03 bits per heavy atom. The minimum Gasteiger partial charge on any atom is -0.475 e. The van der Waals surface area contributed by atoms with Crippen LogP contribution in [0.15, 0.2) is 66.9 Å². The largest absolute Gasteiger partial charge is 0.475 e. The highest BCUT2D eigenvalue weighted by Crippen LogP contribution is 2.29. The summed E-state index contributed by atoms with van der Waals surface area (Å²) in [4.78, 5) is 64.4. The second-order valence-electron chi connectivity index (χ2n) is 8.53. The first kappa shape index (κ1) is 25.4. The lowest BCUT2D eigenvalue weighted by Crippen LogP contribution is -2.55. The van der Waals surface area contributed by atoms with Gasteiger partial charge in [-0.05, 0) is 17.0 Å². The van der Waals surface area contributed by atoms with Crippen LogP contribution in [-0.2, 0) is 30.4 Å². The monoisotopic (exact) mass is 477 g/mol. The Bertz CT molecular complexity index is 1130. The van der Waals surface area contributed by atoms with Crippen LogP contribution in [0.1, 0.15) is 25.0 Å². The summed E-state index contributed by atoms with van der Waals surface area (Å²) in [5, 5.41) is 11.7. The fourth-order valence-corrected chi connectivity index (χ4v) is 4.02. The number of ketones is 1. The molecule has 2 aromatic carbocycles. The Balaban J connectivity index is 1.89. The third kappa shape index (κ3) is 6.00. The van der Waals surface area contributed by atoms with Crippen molar-refractivity contribution < 1.29 is 29.1 Å². The molecule has 0 spiro atoms. The van der Waals surface area contributed by atoms with Gasteiger partial charge in [-0.1, -0.05) is 74.5 Å². The molecule has 0 fully saturated rings. The van der Waals surface area contributed by atoms with Crippen LogP contribution in [-0.4, -0.2) is 63.5 Å². The molecule has 0 radical (unpaired) electrons. The third-order valence-corrected chi connectivity index (χ3v) is 5.67. The van der Waals surface area contributed by atoms with Crippen LogP contribution in [0.25, 0.3) is 5.70 Å². The molecule has 1 unspecified atom stereocenters. The molecule has 2 atom stereocenters. The molecule has 0 saturated carbocycles. The molecule has 182 valence electrons. The minimum atomic E-state index is -1.66. The van der Waals surface area contributed by atoms with E-state index in [9.17, 15) is 29.1 Å². The Kier molecular flexibility index (Phi) is 8.14. The van der Waals surface area contributed by atoms with Crippen LogP contribution < -0.4 is 5.32 Å². The molecular weight excluding hydrogens is 450 g/mol. The van der Waals surface area contributed by atoms with E-state index in [1.165, 1.54) is 16.0 Å². The van der Waals surface area contributed by atoms with Gasteiger partial charge in [-0.25, -0.2) is 4.79 Å². The van der Waals surface area contributed by atoms with E-state index in [2.05, 4.69) is 5.32 Å². The molecule has 3 rings (SSSR count). The van der Waals surface area contributed by atoms with E-state index in [4.69, 9.17) is 0 Å². The molecule has 1 aliphatic rings. The Hall–Kier alpha value is -4.27. The van der Waals surface area contributed by atoms with Gasteiger partial charge in [0, 0.05) is 12.6 Å². The van der Waals surface area contributed by atoms with Gasteiger partial charge in [0.15, 0.2) is 0 Å². The smallest absolute Gasteiger partial charge is 0.374 e. The second-order valence-corrected chi connectivity index (χ2v) is 8.53. The zero-order valence-corrected chi connectivity index (χ0v) is 19.5. The number of benzene rings is 2. The summed E-state index contributed by atoms with van der Waals surface area (Å²) in [7, 11) is 0. The van der Waals surface area contributed by atoms with Gasteiger partial charge < -0.3 is 15.3 Å². The maximum Gasteiger partial charge on any atom is 0.374 e. The van der Waals surface area contributed by atoms with E-state index in [0.29, 0.717) is 23.2 Å². The van der Waals surface area contributed by atoms with Crippen molar-refractivity contribution in [3.05, 3.63) is 78.0 Å². The van der Waals surface area contributed by atoms with Crippen LogP contribution in [0.3, 0.4) is 0 Å². The molecule has 0 bridgehead atoms. The lowest BCUT2D eigenvalue weighted by molar-refractivity contribution is -0.150. The predicted octanol–water partition coefficient (Wildman–Crippen LogP) is 1.69. The van der Waals surface area contributed by atoms with Crippen molar-refractivity contribution in [3.8, 4) is 0 Å². The Labute approximate surface area is 203 Å². The molecule has 3 amide bonds. The summed E-state index contributed by atoms with van der Waals surface area (Å²) in [5.41, 5.74) is 1.64. The number of hydrogen-bond acceptors (Lipinski definition) is 5. The van der Waals surface area contributed by atoms with Crippen molar-refractivity contribution in [2.75, 3.05) is 6.54 Å². The van der Waals surface area contributed by atoms with Crippen molar-refractivity contribution in [3.63, 3.8) is 0 Å². The number of carboxylic acid groups (broad SMARTS) is 1. The molecule has 2 aromatic rings. The average molecular weight is 478 g/mol. The van der Waals surface area contributed by atoms with Crippen molar-refractivity contribution >= 4 is 35.7 Å². The summed E-state index contributed by atoms with van der Waals surface area (Å²) in [6, 6.07) is 15.4. The van der Waals surface area contributed by atoms with E-state index >= 15 is 0 Å². The molecule has 1 aliphatic heterocycles. The van der Waals surface area contributed by atoms with Gasteiger partial charge in [-0.2, -0.15) is 0 Å². The topological polar surface area (TPSA) is 124 Å². The number of nitrogens with one attached hydrogen (secondary N) is 1. The zero-order valence-electron chi connectivity index (χ0n) is 19.5. The number of carboxylic acids is 1. The van der Waals surface area contributed by atoms with Crippen LogP contribution in [0.5, 0.6) is 0 Å². The standard InChI is InChI=1S/C26H27N3O6/c1-17(2)23-25(33)29(21(14-28(23)16-30)19-11-7-4-8-12-19)15-22(31)27-20(24(32)26(34)35)13-18-9-5-3-6-10-18/h3-12,14,16-17,20,23H,13,15H2,1-2H3,(H,27,31)(H,34,35)/t20-,23?/m0/s1. The highest BCUT2D eigenvalue weighted by Gasteiger charge is 2.39. The normalized spacial score (nSPS) is 16.5. The van der Waals surface area contributed by atoms with Gasteiger partial charge in [-0.3, -0.25) is 24.1 Å². The van der Waals surface area contributed by atoms with Gasteiger partial charge in [0.1, 0.15) is 18.6 Å². The van der Waals surface area contributed by atoms with Gasteiger partial charge in [0.25, 0.3) is 11.7 Å². The summed E-state index contributed by atoms with van der Waals surface area (Å²) in [5.74, 6) is -4.19. The quantitative estimate of drug-likeness (QED) is 0.396. The zero-order chi connectivity index (χ0) is 25.5. The summed E-state index contributed by atoms with van der Waals surface area (Å²) in [6.07, 6.45) is 2.08. The lowest BCUT2D eigenvalue weighted by atomic mass is 9.97. The first-order valence-electron chi connectivity index (χ1n) is 11.1. The first-order valence-corrected chi connectivity index (χ1v) is 11.1. The Morgan fingerprint density at radius 3 is 2.17 bits per heavy atom. The van der Waals surface area contributed by atoms with Crippen molar-refractivity contribution in [2.45, 2.75) is 32.4 Å². The van der Waals surface area contributed by atoms with Gasteiger partial charge in [-0.15, -0.1) is 0 Å². The first-order chi connectivity index (χ1) is 16.7. The highest BCUT2D eigenvalue weighted by atomic mass is 16.4. The van der Waals surface area contributed by atoms with E-state index in [0.717, 1.165) is 0 Å². The van der Waals surface area contributed by atoms with Crippen LogP contribution in [0.2, 0.25) is 0 Å². The minimum absolute atomic E-state index is 0.0133. The number of Topliss-reactive ketones (excluding diaryl/α,β-unsaturated/α-hetero) is 1. The summed E-state index contributed by atoms with van der Waals surface area (Å²) >= 11 is 0. The third-order valence-electron chi connectivity index (χ3n) is 5.67. The highest BCUT2D eigenvalue weighted by molar-refractivity contribution is 6.35. The van der Waals surface area contributed by atoms with Crippen molar-refractivity contribution in [1.82, 2.24) is 15.1 Å². The van der Waals surface area contributed by atoms with E-state index in [1.54, 1.807) is 74.5 Å². The molecule has 9 nitrogen and oxygen atoms in total. The van der Waals surface area contributed by atoms with E-state index < -0.39 is 42.2 Å². The number of amides is 3. The van der Waals surface area contributed by atoms with Gasteiger partial charge in [0.2, 0.25) is 12.3 Å². The molecule has 0 aliphatic carbocycles. The number of hydrogen-bond donors (Lipinski definition) is 2. The molecule has 9 heteroatoms. The van der Waals surface area contributed by atoms with Gasteiger partial charge >= 0.3 is 5.97 Å². The number of nitrogens with zero attached hydrogens (tertiary/aromatic N) is 2. The van der Waals surface area contributed by atoms with E-state index in [1.807, 2.05) is 0 Å².